The van der Waals surface area contributed by atoms with Crippen molar-refractivity contribution in [1.29, 1.82) is 0 Å². The number of pyridine rings is 1. The Morgan fingerprint density at radius 1 is 1.50 bits per heavy atom. The van der Waals surface area contributed by atoms with Crippen molar-refractivity contribution in [3.63, 3.8) is 0 Å². The molecule has 0 spiro atoms. The van der Waals surface area contributed by atoms with E-state index in [0.717, 1.165) is 0 Å². The summed E-state index contributed by atoms with van der Waals surface area (Å²) < 4.78 is 38.0. The van der Waals surface area contributed by atoms with Gasteiger partial charge in [0.2, 0.25) is 0 Å². The van der Waals surface area contributed by atoms with Crippen LogP contribution >= 0.6 is 0 Å². The van der Waals surface area contributed by atoms with E-state index in [0.29, 0.717) is 5.69 Å². The van der Waals surface area contributed by atoms with Crippen LogP contribution in [0.1, 0.15) is 0 Å². The van der Waals surface area contributed by atoms with Crippen LogP contribution in [0.15, 0.2) is 18.5 Å². The third kappa shape index (κ3) is 1.90. The van der Waals surface area contributed by atoms with E-state index in [2.05, 4.69) is 10.3 Å². The van der Waals surface area contributed by atoms with Crippen LogP contribution in [0.25, 0.3) is 0 Å². The van der Waals surface area contributed by atoms with E-state index >= 15 is 0 Å². The van der Waals surface area contributed by atoms with E-state index in [1.165, 1.54) is 23.4 Å². The predicted octanol–water partition coefficient (Wildman–Crippen LogP) is 0.962. The van der Waals surface area contributed by atoms with Crippen molar-refractivity contribution in [2.45, 2.75) is 12.3 Å². The van der Waals surface area contributed by atoms with Gasteiger partial charge in [0, 0.05) is 19.3 Å². The van der Waals surface area contributed by atoms with E-state index in [9.17, 15) is 13.2 Å². The van der Waals surface area contributed by atoms with Gasteiger partial charge < -0.3 is 10.6 Å². The monoisotopic (exact) mass is 232 g/mol. The number of rotatable bonds is 1. The Morgan fingerprint density at radius 2 is 2.25 bits per heavy atom. The molecular weight excluding hydrogens is 221 g/mol. The van der Waals surface area contributed by atoms with E-state index in [4.69, 9.17) is 5.73 Å². The average molecular weight is 232 g/mol. The molecular formula is C9H11F3N4. The lowest BCUT2D eigenvalue weighted by Crippen LogP contribution is -2.48. The SMILES string of the molecule is Nc1cnccc1N1CCNC1C(F)(F)F. The number of anilines is 2. The van der Waals surface area contributed by atoms with E-state index in [1.807, 2.05) is 0 Å². The number of aromatic nitrogens is 1. The summed E-state index contributed by atoms with van der Waals surface area (Å²) in [4.78, 5) is 4.96. The lowest BCUT2D eigenvalue weighted by Gasteiger charge is -2.28. The molecule has 1 atom stereocenters. The second-order valence-electron chi connectivity index (χ2n) is 3.53. The third-order valence-corrected chi connectivity index (χ3v) is 2.45. The molecule has 4 nitrogen and oxygen atoms in total. The van der Waals surface area contributed by atoms with Crippen LogP contribution in [0.2, 0.25) is 0 Å². The smallest absolute Gasteiger partial charge is 0.396 e. The molecule has 2 heterocycles. The zero-order valence-electron chi connectivity index (χ0n) is 8.33. The Labute approximate surface area is 90.3 Å². The Morgan fingerprint density at radius 3 is 2.88 bits per heavy atom. The molecule has 1 aromatic heterocycles. The molecule has 0 aromatic carbocycles. The Kier molecular flexibility index (Phi) is 2.63. The van der Waals surface area contributed by atoms with E-state index in [-0.39, 0.29) is 18.8 Å². The van der Waals surface area contributed by atoms with Crippen molar-refractivity contribution in [2.75, 3.05) is 23.7 Å². The highest BCUT2D eigenvalue weighted by atomic mass is 19.4. The molecule has 16 heavy (non-hydrogen) atoms. The number of halogens is 3. The summed E-state index contributed by atoms with van der Waals surface area (Å²) in [6.45, 7) is 0.560. The van der Waals surface area contributed by atoms with Crippen molar-refractivity contribution >= 4 is 11.4 Å². The van der Waals surface area contributed by atoms with Gasteiger partial charge in [-0.3, -0.25) is 10.3 Å². The standard InChI is InChI=1S/C9H11F3N4/c10-9(11,12)8-15-3-4-16(8)7-1-2-14-5-6(7)13/h1-2,5,8,15H,3-4,13H2. The Hall–Kier alpha value is -1.50. The van der Waals surface area contributed by atoms with Crippen LogP contribution in [-0.2, 0) is 0 Å². The topological polar surface area (TPSA) is 54.2 Å². The van der Waals surface area contributed by atoms with E-state index < -0.39 is 12.3 Å². The molecule has 0 bridgehead atoms. The van der Waals surface area contributed by atoms with Crippen LogP contribution in [0.3, 0.4) is 0 Å². The van der Waals surface area contributed by atoms with Crippen LogP contribution in [0.4, 0.5) is 24.5 Å². The van der Waals surface area contributed by atoms with Crippen molar-refractivity contribution in [2.24, 2.45) is 0 Å². The first kappa shape index (κ1) is 11.0. The molecule has 0 saturated carbocycles. The summed E-state index contributed by atoms with van der Waals surface area (Å²) in [5.74, 6) is 0. The molecule has 1 aliphatic heterocycles. The van der Waals surface area contributed by atoms with Gasteiger partial charge in [-0.25, -0.2) is 0 Å². The fraction of sp³-hybridized carbons (Fsp3) is 0.444. The molecule has 1 aliphatic rings. The molecule has 7 heteroatoms. The summed E-state index contributed by atoms with van der Waals surface area (Å²) in [5, 5.41) is 2.40. The lowest BCUT2D eigenvalue weighted by molar-refractivity contribution is -0.150. The quantitative estimate of drug-likeness (QED) is 0.757. The normalized spacial score (nSPS) is 21.4. The minimum atomic E-state index is -4.31. The van der Waals surface area contributed by atoms with Crippen LogP contribution < -0.4 is 16.0 Å². The molecule has 0 amide bonds. The first-order valence-electron chi connectivity index (χ1n) is 4.76. The van der Waals surface area contributed by atoms with Gasteiger partial charge in [0.05, 0.1) is 17.6 Å². The number of alkyl halides is 3. The molecule has 1 aromatic rings. The maximum atomic E-state index is 12.7. The summed E-state index contributed by atoms with van der Waals surface area (Å²) >= 11 is 0. The highest BCUT2D eigenvalue weighted by Crippen LogP contribution is 2.31. The number of nitrogens with two attached hydrogens (primary N) is 1. The number of nitrogen functional groups attached to an aromatic ring is 1. The fourth-order valence-corrected chi connectivity index (χ4v) is 1.77. The molecule has 1 unspecified atom stereocenters. The highest BCUT2D eigenvalue weighted by Gasteiger charge is 2.46. The predicted molar refractivity (Wildman–Crippen MR) is 53.8 cm³/mol. The summed E-state index contributed by atoms with van der Waals surface area (Å²) in [6.07, 6.45) is -3.21. The molecule has 0 aliphatic carbocycles. The van der Waals surface area contributed by atoms with Gasteiger partial charge in [-0.15, -0.1) is 0 Å². The fourth-order valence-electron chi connectivity index (χ4n) is 1.77. The number of nitrogens with one attached hydrogen (secondary N) is 1. The van der Waals surface area contributed by atoms with Crippen LogP contribution in [0.5, 0.6) is 0 Å². The van der Waals surface area contributed by atoms with E-state index in [1.54, 1.807) is 0 Å². The van der Waals surface area contributed by atoms with Gasteiger partial charge in [0.25, 0.3) is 0 Å². The molecule has 0 radical (unpaired) electrons. The van der Waals surface area contributed by atoms with Crippen molar-refractivity contribution < 1.29 is 13.2 Å². The van der Waals surface area contributed by atoms with Gasteiger partial charge in [-0.2, -0.15) is 13.2 Å². The second kappa shape index (κ2) is 3.82. The first-order valence-corrected chi connectivity index (χ1v) is 4.76. The largest absolute Gasteiger partial charge is 0.422 e. The molecule has 88 valence electrons. The Bertz CT molecular complexity index is 379. The van der Waals surface area contributed by atoms with Crippen molar-refractivity contribution in [1.82, 2.24) is 10.3 Å². The summed E-state index contributed by atoms with van der Waals surface area (Å²) in [5.41, 5.74) is 6.22. The average Bonchev–Trinajstić information content (AvgIpc) is 2.66. The minimum Gasteiger partial charge on any atom is -0.396 e. The highest BCUT2D eigenvalue weighted by molar-refractivity contribution is 5.67. The summed E-state index contributed by atoms with van der Waals surface area (Å²) in [7, 11) is 0. The number of hydrogen-bond acceptors (Lipinski definition) is 4. The van der Waals surface area contributed by atoms with Crippen LogP contribution in [-0.4, -0.2) is 30.4 Å². The lowest BCUT2D eigenvalue weighted by atomic mass is 10.3. The molecule has 2 rings (SSSR count). The van der Waals surface area contributed by atoms with Gasteiger partial charge in [0.1, 0.15) is 0 Å². The van der Waals surface area contributed by atoms with Crippen molar-refractivity contribution in [3.8, 4) is 0 Å². The zero-order valence-corrected chi connectivity index (χ0v) is 8.33. The van der Waals surface area contributed by atoms with Gasteiger partial charge in [-0.1, -0.05) is 0 Å². The second-order valence-corrected chi connectivity index (χ2v) is 3.53. The number of hydrogen-bond donors (Lipinski definition) is 2. The molecule has 3 N–H and O–H groups in total. The van der Waals surface area contributed by atoms with Gasteiger partial charge in [0.15, 0.2) is 6.17 Å². The molecule has 1 saturated heterocycles. The van der Waals surface area contributed by atoms with Crippen molar-refractivity contribution in [3.05, 3.63) is 18.5 Å². The zero-order chi connectivity index (χ0) is 11.8. The maximum Gasteiger partial charge on any atom is 0.422 e. The summed E-state index contributed by atoms with van der Waals surface area (Å²) in [6, 6.07) is 1.49. The minimum absolute atomic E-state index is 0.250. The van der Waals surface area contributed by atoms with Gasteiger partial charge >= 0.3 is 6.18 Å². The third-order valence-electron chi connectivity index (χ3n) is 2.45. The van der Waals surface area contributed by atoms with Crippen LogP contribution in [0, 0.1) is 0 Å². The van der Waals surface area contributed by atoms with Gasteiger partial charge in [-0.05, 0) is 6.07 Å². The Balaban J connectivity index is 2.31. The number of nitrogens with zero attached hydrogens (tertiary/aromatic N) is 2. The molecule has 1 fully saturated rings. The first-order chi connectivity index (χ1) is 7.50. The maximum absolute atomic E-state index is 12.7.